The smallest absolute Gasteiger partial charge is 0.182 e. The second kappa shape index (κ2) is 11.8. The van der Waals surface area contributed by atoms with Gasteiger partial charge in [0.1, 0.15) is 11.4 Å². The summed E-state index contributed by atoms with van der Waals surface area (Å²) in [6, 6.07) is 18.1. The van der Waals surface area contributed by atoms with Gasteiger partial charge in [-0.15, -0.1) is 0 Å². The molecule has 0 saturated heterocycles. The number of hydrogen-bond donors (Lipinski definition) is 0. The van der Waals surface area contributed by atoms with Crippen LogP contribution in [0.25, 0.3) is 16.9 Å². The van der Waals surface area contributed by atoms with Crippen molar-refractivity contribution in [3.8, 4) is 17.0 Å². The first-order valence-corrected chi connectivity index (χ1v) is 11.0. The number of aryl methyl sites for hydroxylation is 3. The van der Waals surface area contributed by atoms with Crippen LogP contribution in [0.2, 0.25) is 0 Å². The number of rotatable bonds is 4. The first-order chi connectivity index (χ1) is 15.4. The van der Waals surface area contributed by atoms with Gasteiger partial charge < -0.3 is 4.74 Å². The van der Waals surface area contributed by atoms with E-state index in [2.05, 4.69) is 48.2 Å². The Morgan fingerprint density at radius 2 is 1.56 bits per heavy atom. The molecule has 32 heavy (non-hydrogen) atoms. The number of carbonyl (C=O) groups is 1. The first-order valence-electron chi connectivity index (χ1n) is 11.0. The van der Waals surface area contributed by atoms with Gasteiger partial charge in [-0.25, -0.2) is 9.50 Å². The number of methoxy groups -OCH3 is 1. The third-order valence-electron chi connectivity index (χ3n) is 4.89. The minimum Gasteiger partial charge on any atom is -0.496 e. The van der Waals surface area contributed by atoms with Gasteiger partial charge >= 0.3 is 0 Å². The lowest BCUT2D eigenvalue weighted by atomic mass is 10.1. The lowest BCUT2D eigenvalue weighted by Crippen LogP contribution is -2.00. The van der Waals surface area contributed by atoms with Gasteiger partial charge in [0, 0.05) is 24.2 Å². The Kier molecular flexibility index (Phi) is 9.14. The van der Waals surface area contributed by atoms with Crippen molar-refractivity contribution >= 4 is 11.4 Å². The number of benzene rings is 2. The topological polar surface area (TPSA) is 56.5 Å². The maximum Gasteiger partial charge on any atom is 0.182 e. The molecule has 5 heteroatoms. The normalized spacial score (nSPS) is 9.97. The highest BCUT2D eigenvalue weighted by Crippen LogP contribution is 2.27. The van der Waals surface area contributed by atoms with Crippen LogP contribution >= 0.6 is 0 Å². The molecule has 0 unspecified atom stereocenters. The summed E-state index contributed by atoms with van der Waals surface area (Å²) >= 11 is 0. The standard InChI is InChI=1S/C17H17N3O2.C8H10.C2H6/c1-4-15(21)13-10-17-18-8-7-14(20(17)19-13)12-6-5-11(2)16(9-12)22-3;1-7-3-5-8(2)6-4-7;1-2/h5-10H,4H2,1-3H3;3-6H,1-2H3;1-2H3. The van der Waals surface area contributed by atoms with Crippen LogP contribution in [-0.4, -0.2) is 27.5 Å². The summed E-state index contributed by atoms with van der Waals surface area (Å²) in [7, 11) is 1.65. The molecule has 0 aliphatic heterocycles. The van der Waals surface area contributed by atoms with Crippen molar-refractivity contribution in [3.63, 3.8) is 0 Å². The Morgan fingerprint density at radius 3 is 2.12 bits per heavy atom. The molecular formula is C27H33N3O2. The number of hydrogen-bond acceptors (Lipinski definition) is 4. The molecule has 0 spiro atoms. The van der Waals surface area contributed by atoms with Gasteiger partial charge in [0.15, 0.2) is 11.4 Å². The second-order valence-electron chi connectivity index (χ2n) is 7.25. The molecule has 4 rings (SSSR count). The lowest BCUT2D eigenvalue weighted by Gasteiger charge is -2.09. The van der Waals surface area contributed by atoms with Gasteiger partial charge in [0.2, 0.25) is 0 Å². The van der Waals surface area contributed by atoms with Gasteiger partial charge in [0.25, 0.3) is 0 Å². The molecule has 0 bridgehead atoms. The minimum atomic E-state index is 0.0120. The monoisotopic (exact) mass is 431 g/mol. The summed E-state index contributed by atoms with van der Waals surface area (Å²) in [6.07, 6.45) is 2.15. The van der Waals surface area contributed by atoms with Gasteiger partial charge in [0.05, 0.1) is 12.8 Å². The van der Waals surface area contributed by atoms with Gasteiger partial charge in [-0.05, 0) is 38.5 Å². The fourth-order valence-electron chi connectivity index (χ4n) is 3.05. The molecule has 0 aliphatic carbocycles. The van der Waals surface area contributed by atoms with E-state index in [4.69, 9.17) is 4.74 Å². The molecular weight excluding hydrogens is 398 g/mol. The summed E-state index contributed by atoms with van der Waals surface area (Å²) in [5.41, 5.74) is 6.67. The minimum absolute atomic E-state index is 0.0120. The summed E-state index contributed by atoms with van der Waals surface area (Å²) in [4.78, 5) is 16.1. The van der Waals surface area contributed by atoms with Crippen molar-refractivity contribution in [2.24, 2.45) is 0 Å². The van der Waals surface area contributed by atoms with E-state index in [9.17, 15) is 4.79 Å². The maximum absolute atomic E-state index is 11.9. The third-order valence-corrected chi connectivity index (χ3v) is 4.89. The van der Waals surface area contributed by atoms with Crippen LogP contribution in [-0.2, 0) is 0 Å². The van der Waals surface area contributed by atoms with E-state index in [1.54, 1.807) is 23.9 Å². The molecule has 0 fully saturated rings. The molecule has 0 aliphatic rings. The fourth-order valence-corrected chi connectivity index (χ4v) is 3.05. The average Bonchev–Trinajstić information content (AvgIpc) is 3.27. The highest BCUT2D eigenvalue weighted by atomic mass is 16.5. The molecule has 168 valence electrons. The van der Waals surface area contributed by atoms with Gasteiger partial charge in [-0.3, -0.25) is 4.79 Å². The van der Waals surface area contributed by atoms with Crippen molar-refractivity contribution in [2.75, 3.05) is 7.11 Å². The molecule has 0 atom stereocenters. The Hall–Kier alpha value is -3.47. The molecule has 0 amide bonds. The Balaban J connectivity index is 0.000000304. The molecule has 0 saturated carbocycles. The van der Waals surface area contributed by atoms with E-state index >= 15 is 0 Å². The zero-order chi connectivity index (χ0) is 23.7. The third kappa shape index (κ3) is 6.03. The summed E-state index contributed by atoms with van der Waals surface area (Å²) < 4.78 is 7.08. The van der Waals surface area contributed by atoms with E-state index in [-0.39, 0.29) is 5.78 Å². The van der Waals surface area contributed by atoms with Crippen molar-refractivity contribution in [3.05, 3.63) is 83.2 Å². The van der Waals surface area contributed by atoms with Crippen LogP contribution in [0.4, 0.5) is 0 Å². The number of aromatic nitrogens is 3. The number of carbonyl (C=O) groups excluding carboxylic acids is 1. The zero-order valence-electron chi connectivity index (χ0n) is 20.1. The summed E-state index contributed by atoms with van der Waals surface area (Å²) in [6.45, 7) is 12.0. The highest BCUT2D eigenvalue weighted by molar-refractivity contribution is 5.95. The molecule has 2 aromatic carbocycles. The summed E-state index contributed by atoms with van der Waals surface area (Å²) in [5.74, 6) is 0.831. The average molecular weight is 432 g/mol. The van der Waals surface area contributed by atoms with Crippen molar-refractivity contribution in [1.29, 1.82) is 0 Å². The molecule has 2 aromatic heterocycles. The largest absolute Gasteiger partial charge is 0.496 e. The first kappa shape index (κ1) is 24.8. The van der Waals surface area contributed by atoms with E-state index in [1.807, 2.05) is 52.0 Å². The maximum atomic E-state index is 11.9. The highest BCUT2D eigenvalue weighted by Gasteiger charge is 2.13. The SMILES string of the molecule is CC.CCC(=O)c1cc2nccc(-c3ccc(C)c(OC)c3)n2n1.Cc1ccc(C)cc1. The number of nitrogens with zero attached hydrogens (tertiary/aromatic N) is 3. The van der Waals surface area contributed by atoms with Crippen LogP contribution in [0.3, 0.4) is 0 Å². The predicted octanol–water partition coefficient (Wildman–Crippen LogP) is 6.64. The van der Waals surface area contributed by atoms with E-state index in [0.717, 1.165) is 22.6 Å². The van der Waals surface area contributed by atoms with Crippen molar-refractivity contribution < 1.29 is 9.53 Å². The molecule has 2 heterocycles. The van der Waals surface area contributed by atoms with Crippen molar-refractivity contribution in [1.82, 2.24) is 14.6 Å². The van der Waals surface area contributed by atoms with Crippen LogP contribution in [0.15, 0.2) is 60.8 Å². The second-order valence-corrected chi connectivity index (χ2v) is 7.25. The van der Waals surface area contributed by atoms with Crippen LogP contribution in [0, 0.1) is 20.8 Å². The zero-order valence-corrected chi connectivity index (χ0v) is 20.1. The Labute approximate surface area is 191 Å². The van der Waals surface area contributed by atoms with E-state index in [1.165, 1.54) is 11.1 Å². The molecule has 5 nitrogen and oxygen atoms in total. The van der Waals surface area contributed by atoms with Gasteiger partial charge in [-0.1, -0.05) is 68.3 Å². The van der Waals surface area contributed by atoms with Crippen molar-refractivity contribution in [2.45, 2.75) is 48.0 Å². The number of Topliss-reactive ketones (excluding diaryl/α,β-unsaturated/α-hetero) is 1. The fraction of sp³-hybridized carbons (Fsp3) is 0.296. The molecule has 0 radical (unpaired) electrons. The van der Waals surface area contributed by atoms with Crippen LogP contribution in [0.5, 0.6) is 5.75 Å². The summed E-state index contributed by atoms with van der Waals surface area (Å²) in [5, 5.41) is 4.40. The van der Waals surface area contributed by atoms with E-state index in [0.29, 0.717) is 17.8 Å². The number of ketones is 1. The molecule has 0 N–H and O–H groups in total. The predicted molar refractivity (Wildman–Crippen MR) is 132 cm³/mol. The lowest BCUT2D eigenvalue weighted by molar-refractivity contribution is 0.0983. The number of fused-ring (bicyclic) bond motifs is 1. The quantitative estimate of drug-likeness (QED) is 0.340. The Bertz CT molecular complexity index is 1140. The van der Waals surface area contributed by atoms with Crippen LogP contribution < -0.4 is 4.74 Å². The number of ether oxygens (including phenoxy) is 1. The van der Waals surface area contributed by atoms with E-state index < -0.39 is 0 Å². The Morgan fingerprint density at radius 1 is 0.938 bits per heavy atom. The van der Waals surface area contributed by atoms with Crippen LogP contribution in [0.1, 0.15) is 54.4 Å². The van der Waals surface area contributed by atoms with Gasteiger partial charge in [-0.2, -0.15) is 5.10 Å². The molecule has 4 aromatic rings.